The van der Waals surface area contributed by atoms with Gasteiger partial charge in [-0.1, -0.05) is 94.7 Å². The second-order valence-electron chi connectivity index (χ2n) is 11.2. The fourth-order valence-corrected chi connectivity index (χ4v) is 5.51. The summed E-state index contributed by atoms with van der Waals surface area (Å²) in [7, 11) is 0. The van der Waals surface area contributed by atoms with E-state index in [0.717, 1.165) is 30.7 Å². The van der Waals surface area contributed by atoms with Crippen LogP contribution in [0, 0.1) is 23.5 Å². The van der Waals surface area contributed by atoms with Gasteiger partial charge in [0.2, 0.25) is 0 Å². The Morgan fingerprint density at radius 2 is 1.41 bits per heavy atom. The van der Waals surface area contributed by atoms with E-state index in [1.54, 1.807) is 36.4 Å². The van der Waals surface area contributed by atoms with Crippen LogP contribution in [-0.2, 0) is 22.4 Å². The number of hydrogen-bond acceptors (Lipinski definition) is 2. The van der Waals surface area contributed by atoms with Gasteiger partial charge in [0, 0.05) is 5.56 Å². The number of aryl methyl sites for hydroxylation is 2. The second kappa shape index (κ2) is 15.1. The number of esters is 1. The number of hydrogen-bond donors (Lipinski definition) is 0. The highest BCUT2D eigenvalue weighted by atomic mass is 19.4. The second-order valence-corrected chi connectivity index (χ2v) is 11.2. The highest BCUT2D eigenvalue weighted by molar-refractivity contribution is 5.78. The normalized spacial score (nSPS) is 18.0. The molecule has 0 saturated heterocycles. The smallest absolute Gasteiger partial charge is 0.461 e. The Labute approximate surface area is 237 Å². The monoisotopic (exact) mass is 588 g/mol. The SMILES string of the molecule is CCCCCC1CCC(CCc2ccc(-c3ccc(CCCCOC(=O)C(F)(F)C(F)(F)F)cc3)c(F)c2F)CC1. The Morgan fingerprint density at radius 3 is 2.02 bits per heavy atom. The van der Waals surface area contributed by atoms with Crippen molar-refractivity contribution in [2.45, 2.75) is 102 Å². The van der Waals surface area contributed by atoms with Crippen molar-refractivity contribution in [2.75, 3.05) is 6.61 Å². The summed E-state index contributed by atoms with van der Waals surface area (Å²) in [5.41, 5.74) is 1.85. The zero-order valence-corrected chi connectivity index (χ0v) is 23.5. The molecule has 1 fully saturated rings. The van der Waals surface area contributed by atoms with Crippen molar-refractivity contribution in [3.8, 4) is 11.1 Å². The molecule has 41 heavy (non-hydrogen) atoms. The third kappa shape index (κ3) is 9.20. The zero-order valence-electron chi connectivity index (χ0n) is 23.5. The summed E-state index contributed by atoms with van der Waals surface area (Å²) >= 11 is 0. The van der Waals surface area contributed by atoms with E-state index in [9.17, 15) is 35.5 Å². The first kappa shape index (κ1) is 32.9. The van der Waals surface area contributed by atoms with Crippen LogP contribution in [0.25, 0.3) is 11.1 Å². The van der Waals surface area contributed by atoms with Crippen LogP contribution >= 0.6 is 0 Å². The lowest BCUT2D eigenvalue weighted by Crippen LogP contribution is -2.45. The molecule has 0 N–H and O–H groups in total. The molecule has 0 unspecified atom stereocenters. The largest absolute Gasteiger partial charge is 0.465 e. The van der Waals surface area contributed by atoms with Crippen LogP contribution in [0.1, 0.15) is 88.7 Å². The first-order valence-electron chi connectivity index (χ1n) is 14.6. The summed E-state index contributed by atoms with van der Waals surface area (Å²) < 4.78 is 96.2. The molecular weight excluding hydrogens is 549 g/mol. The number of carbonyl (C=O) groups excluding carboxylic acids is 1. The quantitative estimate of drug-likeness (QED) is 0.125. The van der Waals surface area contributed by atoms with Crippen LogP contribution in [0.3, 0.4) is 0 Å². The lowest BCUT2D eigenvalue weighted by molar-refractivity contribution is -0.280. The molecular formula is C32H39F7O2. The Hall–Kier alpha value is -2.58. The molecule has 0 atom stereocenters. The molecule has 3 rings (SSSR count). The van der Waals surface area contributed by atoms with Gasteiger partial charge >= 0.3 is 18.1 Å². The highest BCUT2D eigenvalue weighted by Gasteiger charge is 2.64. The minimum atomic E-state index is -6.00. The van der Waals surface area contributed by atoms with E-state index in [4.69, 9.17) is 0 Å². The summed E-state index contributed by atoms with van der Waals surface area (Å²) in [4.78, 5) is 11.0. The lowest BCUT2D eigenvalue weighted by Gasteiger charge is -2.28. The fraction of sp³-hybridized carbons (Fsp3) is 0.594. The van der Waals surface area contributed by atoms with E-state index in [1.165, 1.54) is 38.5 Å². The standard InChI is InChI=1S/C32H39F7O2/c1-2-3-4-7-22-9-11-24(12-10-22)15-18-26-19-20-27(29(34)28(26)33)25-16-13-23(14-17-25)8-5-6-21-41-30(40)31(35,36)32(37,38)39/h13-14,16-17,19-20,22,24H,2-12,15,18,21H2,1H3. The predicted octanol–water partition coefficient (Wildman–Crippen LogP) is 10.0. The molecule has 0 spiro atoms. The van der Waals surface area contributed by atoms with Crippen molar-refractivity contribution in [2.24, 2.45) is 11.8 Å². The maximum Gasteiger partial charge on any atom is 0.465 e. The Kier molecular flexibility index (Phi) is 12.1. The van der Waals surface area contributed by atoms with Crippen LogP contribution in [0.4, 0.5) is 30.7 Å². The molecule has 0 amide bonds. The summed E-state index contributed by atoms with van der Waals surface area (Å²) in [5.74, 6) is -8.49. The molecule has 0 aromatic heterocycles. The fourth-order valence-electron chi connectivity index (χ4n) is 5.51. The first-order valence-corrected chi connectivity index (χ1v) is 14.6. The van der Waals surface area contributed by atoms with Crippen molar-refractivity contribution >= 4 is 5.97 Å². The van der Waals surface area contributed by atoms with Crippen molar-refractivity contribution in [3.05, 3.63) is 59.2 Å². The number of rotatable bonds is 14. The highest BCUT2D eigenvalue weighted by Crippen LogP contribution is 2.37. The zero-order chi connectivity index (χ0) is 30.0. The predicted molar refractivity (Wildman–Crippen MR) is 145 cm³/mol. The first-order chi connectivity index (χ1) is 19.4. The van der Waals surface area contributed by atoms with Gasteiger partial charge in [0.05, 0.1) is 6.61 Å². The minimum absolute atomic E-state index is 0.0864. The van der Waals surface area contributed by atoms with Gasteiger partial charge in [0.15, 0.2) is 11.6 Å². The van der Waals surface area contributed by atoms with E-state index < -0.39 is 36.3 Å². The van der Waals surface area contributed by atoms with Gasteiger partial charge in [-0.25, -0.2) is 13.6 Å². The summed E-state index contributed by atoms with van der Waals surface area (Å²) in [6.07, 6.45) is 6.15. The van der Waals surface area contributed by atoms with Crippen molar-refractivity contribution in [1.82, 2.24) is 0 Å². The molecule has 1 saturated carbocycles. The topological polar surface area (TPSA) is 26.3 Å². The average Bonchev–Trinajstić information content (AvgIpc) is 2.94. The van der Waals surface area contributed by atoms with Crippen molar-refractivity contribution in [3.63, 3.8) is 0 Å². The number of ether oxygens (including phenoxy) is 1. The average molecular weight is 589 g/mol. The Bertz CT molecular complexity index is 1100. The number of alkyl halides is 5. The molecule has 1 aliphatic rings. The molecule has 0 heterocycles. The van der Waals surface area contributed by atoms with Crippen LogP contribution in [0.15, 0.2) is 36.4 Å². The van der Waals surface area contributed by atoms with Gasteiger partial charge in [-0.2, -0.15) is 22.0 Å². The number of benzene rings is 2. The van der Waals surface area contributed by atoms with Gasteiger partial charge < -0.3 is 4.74 Å². The van der Waals surface area contributed by atoms with Gasteiger partial charge in [-0.3, -0.25) is 0 Å². The van der Waals surface area contributed by atoms with Crippen molar-refractivity contribution in [1.29, 1.82) is 0 Å². The van der Waals surface area contributed by atoms with Crippen LogP contribution < -0.4 is 0 Å². The third-order valence-corrected chi connectivity index (χ3v) is 8.14. The molecule has 0 bridgehead atoms. The summed E-state index contributed by atoms with van der Waals surface area (Å²) in [6, 6.07) is 9.97. The number of carbonyl (C=O) groups is 1. The minimum Gasteiger partial charge on any atom is -0.461 e. The van der Waals surface area contributed by atoms with Crippen LogP contribution in [0.2, 0.25) is 0 Å². The Morgan fingerprint density at radius 1 is 0.780 bits per heavy atom. The van der Waals surface area contributed by atoms with E-state index in [0.29, 0.717) is 36.3 Å². The number of unbranched alkanes of at least 4 members (excludes halogenated alkanes) is 3. The van der Waals surface area contributed by atoms with Crippen molar-refractivity contribution < 1.29 is 40.3 Å². The Balaban J connectivity index is 1.44. The maximum absolute atomic E-state index is 15.0. The third-order valence-electron chi connectivity index (χ3n) is 8.14. The molecule has 9 heteroatoms. The molecule has 1 aliphatic carbocycles. The summed E-state index contributed by atoms with van der Waals surface area (Å²) in [5, 5.41) is 0. The molecule has 0 radical (unpaired) electrons. The van der Waals surface area contributed by atoms with E-state index in [1.807, 2.05) is 0 Å². The van der Waals surface area contributed by atoms with Crippen LogP contribution in [0.5, 0.6) is 0 Å². The van der Waals surface area contributed by atoms with Gasteiger partial charge in [0.1, 0.15) is 0 Å². The molecule has 0 aliphatic heterocycles. The lowest BCUT2D eigenvalue weighted by atomic mass is 9.77. The van der Waals surface area contributed by atoms with E-state index >= 15 is 0 Å². The van der Waals surface area contributed by atoms with Gasteiger partial charge in [-0.15, -0.1) is 0 Å². The van der Waals surface area contributed by atoms with Gasteiger partial charge in [0.25, 0.3) is 0 Å². The van der Waals surface area contributed by atoms with Gasteiger partial charge in [-0.05, 0) is 60.6 Å². The maximum atomic E-state index is 15.0. The summed E-state index contributed by atoms with van der Waals surface area (Å²) in [6.45, 7) is 1.64. The molecule has 2 nitrogen and oxygen atoms in total. The van der Waals surface area contributed by atoms with Crippen LogP contribution in [-0.4, -0.2) is 24.7 Å². The molecule has 228 valence electrons. The molecule has 2 aromatic carbocycles. The van der Waals surface area contributed by atoms with E-state index in [-0.39, 0.29) is 12.0 Å². The number of halogens is 7. The van der Waals surface area contributed by atoms with E-state index in [2.05, 4.69) is 11.7 Å². The molecule has 2 aromatic rings.